The van der Waals surface area contributed by atoms with Crippen LogP contribution >= 0.6 is 0 Å². The van der Waals surface area contributed by atoms with Crippen LogP contribution in [0, 0.1) is 12.8 Å². The minimum Gasteiger partial charge on any atom is -0.370 e. The molecule has 1 atom stereocenters. The molecule has 1 aliphatic heterocycles. The Kier molecular flexibility index (Phi) is 4.91. The number of aromatic nitrogens is 1. The maximum Gasteiger partial charge on any atom is 0.223 e. The van der Waals surface area contributed by atoms with Gasteiger partial charge in [0, 0.05) is 37.7 Å². The van der Waals surface area contributed by atoms with E-state index in [-0.39, 0.29) is 5.91 Å². The van der Waals surface area contributed by atoms with Crippen molar-refractivity contribution in [3.8, 4) is 0 Å². The number of rotatable bonds is 6. The van der Waals surface area contributed by atoms with Gasteiger partial charge in [0.2, 0.25) is 5.91 Å². The monoisotopic (exact) mass is 309 g/mol. The quantitative estimate of drug-likeness (QED) is 0.892. The van der Waals surface area contributed by atoms with Gasteiger partial charge in [0.05, 0.1) is 0 Å². The van der Waals surface area contributed by atoms with Gasteiger partial charge >= 0.3 is 0 Å². The second-order valence-electron chi connectivity index (χ2n) is 6.19. The number of aryl methyl sites for hydroxylation is 1. The Morgan fingerprint density at radius 2 is 2.00 bits per heavy atom. The third-order valence-corrected chi connectivity index (χ3v) is 4.27. The van der Waals surface area contributed by atoms with E-state index in [0.717, 1.165) is 37.6 Å². The van der Waals surface area contributed by atoms with E-state index in [2.05, 4.69) is 22.4 Å². The van der Waals surface area contributed by atoms with Crippen molar-refractivity contribution in [3.63, 3.8) is 0 Å². The number of benzene rings is 1. The van der Waals surface area contributed by atoms with Crippen molar-refractivity contribution in [3.05, 3.63) is 59.8 Å². The zero-order chi connectivity index (χ0) is 16.1. The smallest absolute Gasteiger partial charge is 0.223 e. The SMILES string of the molecule is Cc1cccc(NC[C@@H]2CC(=O)N(CCc3ccccc3)C2)n1. The molecule has 1 fully saturated rings. The first-order valence-electron chi connectivity index (χ1n) is 8.20. The molecule has 0 unspecified atom stereocenters. The van der Waals surface area contributed by atoms with Crippen molar-refractivity contribution in [2.24, 2.45) is 5.92 Å². The van der Waals surface area contributed by atoms with Crippen LogP contribution in [0.4, 0.5) is 5.82 Å². The molecule has 2 aromatic rings. The number of likely N-dealkylation sites (tertiary alicyclic amines) is 1. The summed E-state index contributed by atoms with van der Waals surface area (Å²) in [6, 6.07) is 16.3. The predicted molar refractivity (Wildman–Crippen MR) is 92.3 cm³/mol. The lowest BCUT2D eigenvalue weighted by atomic mass is 10.1. The van der Waals surface area contributed by atoms with Crippen LogP contribution in [0.5, 0.6) is 0 Å². The zero-order valence-corrected chi connectivity index (χ0v) is 13.5. The van der Waals surface area contributed by atoms with E-state index in [0.29, 0.717) is 12.3 Å². The molecule has 4 nitrogen and oxygen atoms in total. The zero-order valence-electron chi connectivity index (χ0n) is 13.5. The van der Waals surface area contributed by atoms with Crippen LogP contribution in [0.3, 0.4) is 0 Å². The lowest BCUT2D eigenvalue weighted by Gasteiger charge is -2.17. The summed E-state index contributed by atoms with van der Waals surface area (Å²) in [6.07, 6.45) is 1.56. The fourth-order valence-electron chi connectivity index (χ4n) is 3.01. The molecule has 1 aromatic heterocycles. The maximum atomic E-state index is 12.2. The van der Waals surface area contributed by atoms with Crippen molar-refractivity contribution >= 4 is 11.7 Å². The van der Waals surface area contributed by atoms with E-state index in [9.17, 15) is 4.79 Å². The summed E-state index contributed by atoms with van der Waals surface area (Å²) in [6.45, 7) is 4.42. The molecule has 1 aliphatic rings. The van der Waals surface area contributed by atoms with Gasteiger partial charge in [0.1, 0.15) is 5.82 Å². The number of carbonyl (C=O) groups excluding carboxylic acids is 1. The lowest BCUT2D eigenvalue weighted by Crippen LogP contribution is -2.28. The van der Waals surface area contributed by atoms with Crippen molar-refractivity contribution in [1.82, 2.24) is 9.88 Å². The first-order valence-corrected chi connectivity index (χ1v) is 8.20. The number of nitrogens with zero attached hydrogens (tertiary/aromatic N) is 2. The number of carbonyl (C=O) groups is 1. The van der Waals surface area contributed by atoms with Gasteiger partial charge in [0.15, 0.2) is 0 Å². The minimum atomic E-state index is 0.268. The second kappa shape index (κ2) is 7.27. The molecule has 4 heteroatoms. The molecule has 0 spiro atoms. The molecule has 1 saturated heterocycles. The fraction of sp³-hybridized carbons (Fsp3) is 0.368. The number of amides is 1. The van der Waals surface area contributed by atoms with Crippen molar-refractivity contribution in [2.75, 3.05) is 25.0 Å². The Labute approximate surface area is 137 Å². The van der Waals surface area contributed by atoms with Crippen LogP contribution in [0.2, 0.25) is 0 Å². The van der Waals surface area contributed by atoms with Gasteiger partial charge in [-0.05, 0) is 31.0 Å². The summed E-state index contributed by atoms with van der Waals surface area (Å²) in [5, 5.41) is 3.35. The molecule has 0 radical (unpaired) electrons. The number of pyridine rings is 1. The van der Waals surface area contributed by atoms with Crippen molar-refractivity contribution in [1.29, 1.82) is 0 Å². The summed E-state index contributed by atoms with van der Waals surface area (Å²) >= 11 is 0. The van der Waals surface area contributed by atoms with E-state index < -0.39 is 0 Å². The number of hydrogen-bond acceptors (Lipinski definition) is 3. The summed E-state index contributed by atoms with van der Waals surface area (Å²) in [7, 11) is 0. The van der Waals surface area contributed by atoms with E-state index in [1.54, 1.807) is 0 Å². The highest BCUT2D eigenvalue weighted by molar-refractivity contribution is 5.78. The Hall–Kier alpha value is -2.36. The molecule has 0 aliphatic carbocycles. The van der Waals surface area contributed by atoms with Gasteiger partial charge in [-0.1, -0.05) is 36.4 Å². The van der Waals surface area contributed by atoms with Crippen LogP contribution in [0.1, 0.15) is 17.7 Å². The van der Waals surface area contributed by atoms with Gasteiger partial charge in [-0.25, -0.2) is 4.98 Å². The number of nitrogens with one attached hydrogen (secondary N) is 1. The second-order valence-corrected chi connectivity index (χ2v) is 6.19. The molecular formula is C19H23N3O. The Morgan fingerprint density at radius 1 is 1.17 bits per heavy atom. The van der Waals surface area contributed by atoms with Gasteiger partial charge in [-0.3, -0.25) is 4.79 Å². The molecule has 0 saturated carbocycles. The van der Waals surface area contributed by atoms with Gasteiger partial charge in [-0.2, -0.15) is 0 Å². The first-order chi connectivity index (χ1) is 11.2. The summed E-state index contributed by atoms with van der Waals surface area (Å²) in [5.41, 5.74) is 2.29. The average Bonchev–Trinajstić information content (AvgIpc) is 2.92. The van der Waals surface area contributed by atoms with Crippen LogP contribution in [0.15, 0.2) is 48.5 Å². The Morgan fingerprint density at radius 3 is 2.78 bits per heavy atom. The molecule has 120 valence electrons. The summed E-state index contributed by atoms with van der Waals surface area (Å²) < 4.78 is 0. The molecule has 3 rings (SSSR count). The molecule has 23 heavy (non-hydrogen) atoms. The highest BCUT2D eigenvalue weighted by atomic mass is 16.2. The molecular weight excluding hydrogens is 286 g/mol. The van der Waals surface area contributed by atoms with E-state index in [4.69, 9.17) is 0 Å². The van der Waals surface area contributed by atoms with Crippen LogP contribution < -0.4 is 5.32 Å². The lowest BCUT2D eigenvalue weighted by molar-refractivity contribution is -0.127. The Balaban J connectivity index is 1.47. The minimum absolute atomic E-state index is 0.268. The average molecular weight is 309 g/mol. The molecule has 0 bridgehead atoms. The van der Waals surface area contributed by atoms with Crippen molar-refractivity contribution < 1.29 is 4.79 Å². The third-order valence-electron chi connectivity index (χ3n) is 4.27. The summed E-state index contributed by atoms with van der Waals surface area (Å²) in [4.78, 5) is 18.6. The topological polar surface area (TPSA) is 45.2 Å². The standard InChI is InChI=1S/C19H23N3O/c1-15-6-5-9-18(21-15)20-13-17-12-19(23)22(14-17)11-10-16-7-3-2-4-8-16/h2-9,17H,10-14H2,1H3,(H,20,21)/t17-/m0/s1. The number of hydrogen-bond donors (Lipinski definition) is 1. The van der Waals surface area contributed by atoms with Crippen LogP contribution in [-0.4, -0.2) is 35.4 Å². The third kappa shape index (κ3) is 4.31. The Bertz CT molecular complexity index is 657. The van der Waals surface area contributed by atoms with Gasteiger partial charge < -0.3 is 10.2 Å². The molecule has 2 heterocycles. The van der Waals surface area contributed by atoms with Crippen LogP contribution in [0.25, 0.3) is 0 Å². The summed E-state index contributed by atoms with van der Waals surface area (Å²) in [5.74, 6) is 1.52. The highest BCUT2D eigenvalue weighted by Gasteiger charge is 2.28. The van der Waals surface area contributed by atoms with Crippen molar-refractivity contribution in [2.45, 2.75) is 19.8 Å². The molecule has 1 N–H and O–H groups in total. The van der Waals surface area contributed by atoms with Gasteiger partial charge in [0.25, 0.3) is 0 Å². The molecule has 1 amide bonds. The molecule has 1 aromatic carbocycles. The van der Waals surface area contributed by atoms with Gasteiger partial charge in [-0.15, -0.1) is 0 Å². The normalized spacial score (nSPS) is 17.5. The fourth-order valence-corrected chi connectivity index (χ4v) is 3.01. The van der Waals surface area contributed by atoms with E-state index >= 15 is 0 Å². The first kappa shape index (κ1) is 15.5. The van der Waals surface area contributed by atoms with Crippen LogP contribution in [-0.2, 0) is 11.2 Å². The highest BCUT2D eigenvalue weighted by Crippen LogP contribution is 2.19. The maximum absolute atomic E-state index is 12.2. The predicted octanol–water partition coefficient (Wildman–Crippen LogP) is 2.89. The number of anilines is 1. The largest absolute Gasteiger partial charge is 0.370 e. The van der Waals surface area contributed by atoms with E-state index in [1.165, 1.54) is 5.56 Å². The van der Waals surface area contributed by atoms with E-state index in [1.807, 2.05) is 48.2 Å².